The van der Waals surface area contributed by atoms with Crippen LogP contribution in [0.5, 0.6) is 0 Å². The van der Waals surface area contributed by atoms with Crippen molar-refractivity contribution >= 4 is 0 Å². The maximum atomic E-state index is 13.1. The average molecular weight is 233 g/mol. The molecule has 17 heavy (non-hydrogen) atoms. The lowest BCUT2D eigenvalue weighted by Crippen LogP contribution is -2.13. The van der Waals surface area contributed by atoms with Crippen molar-refractivity contribution in [2.45, 2.75) is 26.3 Å². The van der Waals surface area contributed by atoms with Gasteiger partial charge in [-0.25, -0.2) is 4.39 Å². The van der Waals surface area contributed by atoms with Crippen molar-refractivity contribution in [2.75, 3.05) is 0 Å². The number of hydrogen-bond acceptors (Lipinski definition) is 2. The lowest BCUT2D eigenvalue weighted by atomic mass is 9.98. The minimum atomic E-state index is -0.221. The third-order valence-corrected chi connectivity index (χ3v) is 2.93. The summed E-state index contributed by atoms with van der Waals surface area (Å²) in [5.74, 6) is 0.618. The molecule has 0 aliphatic carbocycles. The van der Waals surface area contributed by atoms with Crippen LogP contribution in [0, 0.1) is 19.7 Å². The van der Waals surface area contributed by atoms with Gasteiger partial charge < -0.3 is 10.2 Å². The van der Waals surface area contributed by atoms with E-state index in [1.165, 1.54) is 6.07 Å². The van der Waals surface area contributed by atoms with E-state index in [-0.39, 0.29) is 11.9 Å². The van der Waals surface area contributed by atoms with Crippen LogP contribution in [0.25, 0.3) is 0 Å². The quantitative estimate of drug-likeness (QED) is 0.883. The molecule has 90 valence electrons. The highest BCUT2D eigenvalue weighted by atomic mass is 19.1. The van der Waals surface area contributed by atoms with Crippen LogP contribution < -0.4 is 5.73 Å². The molecule has 0 aliphatic rings. The SMILES string of the molecule is Cc1cc(C(N)Cc2cc(F)ccc2C)co1. The Kier molecular flexibility index (Phi) is 3.29. The second kappa shape index (κ2) is 4.72. The molecule has 0 aliphatic heterocycles. The molecule has 1 aromatic carbocycles. The predicted octanol–water partition coefficient (Wildman–Crippen LogP) is 3.28. The Morgan fingerprint density at radius 3 is 2.71 bits per heavy atom. The van der Waals surface area contributed by atoms with Gasteiger partial charge in [0, 0.05) is 11.6 Å². The first kappa shape index (κ1) is 11.9. The number of benzene rings is 1. The van der Waals surface area contributed by atoms with Crippen molar-refractivity contribution in [3.63, 3.8) is 0 Å². The summed E-state index contributed by atoms with van der Waals surface area (Å²) >= 11 is 0. The molecule has 1 atom stereocenters. The highest BCUT2D eigenvalue weighted by Crippen LogP contribution is 2.21. The highest BCUT2D eigenvalue weighted by molar-refractivity contribution is 5.29. The Bertz CT molecular complexity index is 519. The normalized spacial score (nSPS) is 12.7. The van der Waals surface area contributed by atoms with Crippen LogP contribution in [0.4, 0.5) is 4.39 Å². The van der Waals surface area contributed by atoms with Crippen molar-refractivity contribution in [3.05, 3.63) is 58.8 Å². The first-order valence-electron chi connectivity index (χ1n) is 5.62. The molecule has 0 bridgehead atoms. The molecule has 1 aromatic heterocycles. The number of aryl methyl sites for hydroxylation is 2. The number of rotatable bonds is 3. The molecule has 0 amide bonds. The van der Waals surface area contributed by atoms with Gasteiger partial charge >= 0.3 is 0 Å². The summed E-state index contributed by atoms with van der Waals surface area (Å²) in [5, 5.41) is 0. The standard InChI is InChI=1S/C14H16FNO/c1-9-3-4-13(15)6-11(9)7-14(16)12-5-10(2)17-8-12/h3-6,8,14H,7,16H2,1-2H3. The van der Waals surface area contributed by atoms with Gasteiger partial charge in [0.25, 0.3) is 0 Å². The maximum absolute atomic E-state index is 13.1. The fourth-order valence-corrected chi connectivity index (χ4v) is 1.87. The summed E-state index contributed by atoms with van der Waals surface area (Å²) in [4.78, 5) is 0. The molecule has 2 N–H and O–H groups in total. The van der Waals surface area contributed by atoms with E-state index in [4.69, 9.17) is 10.2 Å². The zero-order valence-electron chi connectivity index (χ0n) is 10.0. The van der Waals surface area contributed by atoms with Crippen molar-refractivity contribution in [1.29, 1.82) is 0 Å². The summed E-state index contributed by atoms with van der Waals surface area (Å²) in [6, 6.07) is 6.54. The van der Waals surface area contributed by atoms with Crippen LogP contribution in [-0.2, 0) is 6.42 Å². The van der Waals surface area contributed by atoms with Gasteiger partial charge in [0.15, 0.2) is 0 Å². The molecule has 0 radical (unpaired) electrons. The molecule has 0 saturated heterocycles. The summed E-state index contributed by atoms with van der Waals surface area (Å²) in [6.07, 6.45) is 2.27. The maximum Gasteiger partial charge on any atom is 0.123 e. The van der Waals surface area contributed by atoms with Gasteiger partial charge in [-0.1, -0.05) is 6.07 Å². The topological polar surface area (TPSA) is 39.2 Å². The van der Waals surface area contributed by atoms with E-state index >= 15 is 0 Å². The molecule has 0 saturated carbocycles. The Hall–Kier alpha value is -1.61. The van der Waals surface area contributed by atoms with E-state index in [1.54, 1.807) is 18.4 Å². The molecule has 3 heteroatoms. The van der Waals surface area contributed by atoms with Gasteiger partial charge in [-0.2, -0.15) is 0 Å². The molecule has 2 nitrogen and oxygen atoms in total. The Balaban J connectivity index is 2.18. The largest absolute Gasteiger partial charge is 0.469 e. The van der Waals surface area contributed by atoms with E-state index in [0.29, 0.717) is 6.42 Å². The van der Waals surface area contributed by atoms with E-state index in [9.17, 15) is 4.39 Å². The monoisotopic (exact) mass is 233 g/mol. The molecule has 0 fully saturated rings. The summed E-state index contributed by atoms with van der Waals surface area (Å²) in [7, 11) is 0. The third kappa shape index (κ3) is 2.74. The predicted molar refractivity (Wildman–Crippen MR) is 65.2 cm³/mol. The van der Waals surface area contributed by atoms with E-state index in [1.807, 2.05) is 19.9 Å². The second-order valence-corrected chi connectivity index (χ2v) is 4.37. The Morgan fingerprint density at radius 1 is 1.29 bits per heavy atom. The second-order valence-electron chi connectivity index (χ2n) is 4.37. The fraction of sp³-hybridized carbons (Fsp3) is 0.286. The minimum absolute atomic E-state index is 0.159. The summed E-state index contributed by atoms with van der Waals surface area (Å²) in [6.45, 7) is 3.84. The van der Waals surface area contributed by atoms with Gasteiger partial charge in [-0.3, -0.25) is 0 Å². The zero-order valence-corrected chi connectivity index (χ0v) is 10.0. The highest BCUT2D eigenvalue weighted by Gasteiger charge is 2.11. The van der Waals surface area contributed by atoms with Gasteiger partial charge in [0.05, 0.1) is 6.26 Å². The molecule has 2 rings (SSSR count). The van der Waals surface area contributed by atoms with Gasteiger partial charge in [-0.05, 0) is 49.6 Å². The van der Waals surface area contributed by atoms with Crippen molar-refractivity contribution < 1.29 is 8.81 Å². The number of hydrogen-bond donors (Lipinski definition) is 1. The fourth-order valence-electron chi connectivity index (χ4n) is 1.87. The first-order valence-corrected chi connectivity index (χ1v) is 5.62. The number of furan rings is 1. The summed E-state index contributed by atoms with van der Waals surface area (Å²) < 4.78 is 18.4. The van der Waals surface area contributed by atoms with E-state index in [0.717, 1.165) is 22.5 Å². The minimum Gasteiger partial charge on any atom is -0.469 e. The van der Waals surface area contributed by atoms with Crippen LogP contribution in [0.3, 0.4) is 0 Å². The molecule has 2 aromatic rings. The van der Waals surface area contributed by atoms with E-state index in [2.05, 4.69) is 0 Å². The molecule has 0 spiro atoms. The van der Waals surface area contributed by atoms with Crippen LogP contribution in [0.1, 0.15) is 28.5 Å². The van der Waals surface area contributed by atoms with Crippen molar-refractivity contribution in [2.24, 2.45) is 5.73 Å². The van der Waals surface area contributed by atoms with Crippen LogP contribution in [0.15, 0.2) is 34.9 Å². The van der Waals surface area contributed by atoms with Crippen LogP contribution >= 0.6 is 0 Å². The summed E-state index contributed by atoms with van der Waals surface area (Å²) in [5.41, 5.74) is 9.03. The third-order valence-electron chi connectivity index (χ3n) is 2.93. The smallest absolute Gasteiger partial charge is 0.123 e. The molecule has 1 heterocycles. The molecular formula is C14H16FNO. The Labute approximate surface area is 100 Å². The number of nitrogens with two attached hydrogens (primary N) is 1. The average Bonchev–Trinajstić information content (AvgIpc) is 2.70. The van der Waals surface area contributed by atoms with Crippen molar-refractivity contribution in [3.8, 4) is 0 Å². The zero-order chi connectivity index (χ0) is 12.4. The molecule has 1 unspecified atom stereocenters. The van der Waals surface area contributed by atoms with Crippen LogP contribution in [0.2, 0.25) is 0 Å². The Morgan fingerprint density at radius 2 is 2.06 bits per heavy atom. The lowest BCUT2D eigenvalue weighted by molar-refractivity contribution is 0.528. The van der Waals surface area contributed by atoms with Gasteiger partial charge in [0.1, 0.15) is 11.6 Å². The number of halogens is 1. The van der Waals surface area contributed by atoms with Crippen LogP contribution in [-0.4, -0.2) is 0 Å². The van der Waals surface area contributed by atoms with E-state index < -0.39 is 0 Å². The first-order chi connectivity index (χ1) is 8.06. The van der Waals surface area contributed by atoms with Crippen molar-refractivity contribution in [1.82, 2.24) is 0 Å². The van der Waals surface area contributed by atoms with Gasteiger partial charge in [-0.15, -0.1) is 0 Å². The lowest BCUT2D eigenvalue weighted by Gasteiger charge is -2.11. The molecular weight excluding hydrogens is 217 g/mol. The van der Waals surface area contributed by atoms with Gasteiger partial charge in [0.2, 0.25) is 0 Å².